The molecule has 2 fully saturated rings. The van der Waals surface area contributed by atoms with Crippen LogP contribution < -0.4 is 0 Å². The molecule has 4 rings (SSSR count). The Hall–Kier alpha value is -1.34. The number of aromatic nitrogens is 3. The van der Waals surface area contributed by atoms with Crippen molar-refractivity contribution in [1.29, 1.82) is 0 Å². The Labute approximate surface area is 149 Å². The second kappa shape index (κ2) is 6.43. The van der Waals surface area contributed by atoms with E-state index in [0.29, 0.717) is 36.2 Å². The number of alkyl halides is 3. The Balaban J connectivity index is 1.46. The maximum Gasteiger partial charge on any atom is 0.391 e. The maximum absolute atomic E-state index is 12.8. The van der Waals surface area contributed by atoms with Crippen molar-refractivity contribution >= 4 is 17.2 Å². The SMILES string of the molecule is FC(F)(F)C1CCN(Cc2ccn3c(CC4CC4)nnc3c2Cl)CC1. The van der Waals surface area contributed by atoms with Crippen LogP contribution in [0.25, 0.3) is 5.65 Å². The molecule has 1 aliphatic heterocycles. The van der Waals surface area contributed by atoms with Crippen molar-refractivity contribution < 1.29 is 13.2 Å². The normalized spacial score (nSPS) is 20.5. The van der Waals surface area contributed by atoms with Gasteiger partial charge < -0.3 is 0 Å². The van der Waals surface area contributed by atoms with Crippen molar-refractivity contribution in [1.82, 2.24) is 19.5 Å². The summed E-state index contributed by atoms with van der Waals surface area (Å²) in [5.74, 6) is 0.459. The van der Waals surface area contributed by atoms with Crippen molar-refractivity contribution in [3.8, 4) is 0 Å². The summed E-state index contributed by atoms with van der Waals surface area (Å²) >= 11 is 6.50. The van der Waals surface area contributed by atoms with E-state index in [2.05, 4.69) is 10.2 Å². The average molecular weight is 373 g/mol. The zero-order valence-corrected chi connectivity index (χ0v) is 14.5. The molecule has 3 heterocycles. The van der Waals surface area contributed by atoms with Crippen LogP contribution in [-0.4, -0.2) is 38.8 Å². The van der Waals surface area contributed by atoms with Crippen LogP contribution in [0.3, 0.4) is 0 Å². The summed E-state index contributed by atoms with van der Waals surface area (Å²) in [6, 6.07) is 1.94. The lowest BCUT2D eigenvalue weighted by atomic mass is 9.96. The first-order valence-electron chi connectivity index (χ1n) is 8.72. The van der Waals surface area contributed by atoms with Gasteiger partial charge in [-0.3, -0.25) is 9.30 Å². The molecule has 0 radical (unpaired) electrons. The molecule has 0 unspecified atom stereocenters. The number of likely N-dealkylation sites (tertiary alicyclic amines) is 1. The highest BCUT2D eigenvalue weighted by Crippen LogP contribution is 2.35. The average Bonchev–Trinajstić information content (AvgIpc) is 3.29. The summed E-state index contributed by atoms with van der Waals surface area (Å²) in [6.07, 6.45) is 1.56. The predicted molar refractivity (Wildman–Crippen MR) is 88.5 cm³/mol. The zero-order chi connectivity index (χ0) is 17.6. The molecule has 8 heteroatoms. The van der Waals surface area contributed by atoms with Crippen molar-refractivity contribution in [2.45, 2.75) is 44.8 Å². The summed E-state index contributed by atoms with van der Waals surface area (Å²) < 4.78 is 40.3. The quantitative estimate of drug-likeness (QED) is 0.809. The third kappa shape index (κ3) is 3.62. The highest BCUT2D eigenvalue weighted by molar-refractivity contribution is 6.34. The number of pyridine rings is 1. The first kappa shape index (κ1) is 17.1. The minimum absolute atomic E-state index is 0.153. The molecule has 2 aliphatic rings. The van der Waals surface area contributed by atoms with Gasteiger partial charge in [-0.25, -0.2) is 0 Å². The molecule has 136 valence electrons. The van der Waals surface area contributed by atoms with Gasteiger partial charge >= 0.3 is 6.18 Å². The lowest BCUT2D eigenvalue weighted by molar-refractivity contribution is -0.185. The molecule has 1 aliphatic carbocycles. The largest absolute Gasteiger partial charge is 0.391 e. The number of rotatable bonds is 4. The van der Waals surface area contributed by atoms with Crippen LogP contribution in [0.4, 0.5) is 13.2 Å². The molecule has 0 bridgehead atoms. The lowest BCUT2D eigenvalue weighted by Crippen LogP contribution is -2.38. The zero-order valence-electron chi connectivity index (χ0n) is 13.8. The van der Waals surface area contributed by atoms with E-state index in [1.165, 1.54) is 12.8 Å². The van der Waals surface area contributed by atoms with E-state index in [-0.39, 0.29) is 12.8 Å². The molecule has 2 aromatic heterocycles. The fourth-order valence-electron chi connectivity index (χ4n) is 3.51. The van der Waals surface area contributed by atoms with Crippen LogP contribution in [0.2, 0.25) is 5.02 Å². The molecule has 1 saturated heterocycles. The van der Waals surface area contributed by atoms with Crippen LogP contribution in [0.5, 0.6) is 0 Å². The van der Waals surface area contributed by atoms with Gasteiger partial charge in [0.2, 0.25) is 0 Å². The van der Waals surface area contributed by atoms with Crippen molar-refractivity contribution in [2.24, 2.45) is 11.8 Å². The van der Waals surface area contributed by atoms with Crippen LogP contribution in [0, 0.1) is 11.8 Å². The minimum atomic E-state index is -4.08. The lowest BCUT2D eigenvalue weighted by Gasteiger charge is -2.33. The molecule has 0 aromatic carbocycles. The summed E-state index contributed by atoms with van der Waals surface area (Å²) in [7, 11) is 0. The Morgan fingerprint density at radius 3 is 2.48 bits per heavy atom. The second-order valence-corrected chi connectivity index (χ2v) is 7.58. The fourth-order valence-corrected chi connectivity index (χ4v) is 3.76. The monoisotopic (exact) mass is 372 g/mol. The molecule has 4 nitrogen and oxygen atoms in total. The topological polar surface area (TPSA) is 33.4 Å². The number of hydrogen-bond acceptors (Lipinski definition) is 3. The van der Waals surface area contributed by atoms with E-state index in [1.807, 2.05) is 21.6 Å². The third-order valence-corrected chi connectivity index (χ3v) is 5.69. The Morgan fingerprint density at radius 2 is 1.84 bits per heavy atom. The van der Waals surface area contributed by atoms with Gasteiger partial charge in [-0.15, -0.1) is 10.2 Å². The minimum Gasteiger partial charge on any atom is -0.299 e. The Morgan fingerprint density at radius 1 is 1.12 bits per heavy atom. The van der Waals surface area contributed by atoms with Crippen molar-refractivity contribution in [2.75, 3.05) is 13.1 Å². The number of piperidine rings is 1. The molecular weight excluding hydrogens is 353 g/mol. The molecule has 0 spiro atoms. The van der Waals surface area contributed by atoms with E-state index >= 15 is 0 Å². The molecular formula is C17H20ClF3N4. The summed E-state index contributed by atoms with van der Waals surface area (Å²) in [4.78, 5) is 2.03. The highest BCUT2D eigenvalue weighted by atomic mass is 35.5. The van der Waals surface area contributed by atoms with E-state index in [0.717, 1.165) is 17.8 Å². The van der Waals surface area contributed by atoms with Gasteiger partial charge in [0.1, 0.15) is 5.82 Å². The van der Waals surface area contributed by atoms with Gasteiger partial charge in [-0.1, -0.05) is 11.6 Å². The molecule has 1 saturated carbocycles. The first-order valence-corrected chi connectivity index (χ1v) is 9.09. The van der Waals surface area contributed by atoms with E-state index in [9.17, 15) is 13.2 Å². The third-order valence-electron chi connectivity index (χ3n) is 5.28. The Kier molecular flexibility index (Phi) is 4.40. The highest BCUT2D eigenvalue weighted by Gasteiger charge is 2.41. The van der Waals surface area contributed by atoms with Crippen LogP contribution >= 0.6 is 11.6 Å². The van der Waals surface area contributed by atoms with Gasteiger partial charge in [-0.05, 0) is 56.3 Å². The van der Waals surface area contributed by atoms with Gasteiger partial charge in [0.25, 0.3) is 0 Å². The molecule has 0 atom stereocenters. The van der Waals surface area contributed by atoms with Gasteiger partial charge in [-0.2, -0.15) is 13.2 Å². The maximum atomic E-state index is 12.8. The summed E-state index contributed by atoms with van der Waals surface area (Å²) in [5, 5.41) is 9.01. The summed E-state index contributed by atoms with van der Waals surface area (Å²) in [6.45, 7) is 1.42. The number of fused-ring (bicyclic) bond motifs is 1. The van der Waals surface area contributed by atoms with Gasteiger partial charge in [0, 0.05) is 19.2 Å². The molecule has 2 aromatic rings. The van der Waals surface area contributed by atoms with Gasteiger partial charge in [0.05, 0.1) is 10.9 Å². The van der Waals surface area contributed by atoms with Crippen molar-refractivity contribution in [3.63, 3.8) is 0 Å². The smallest absolute Gasteiger partial charge is 0.299 e. The van der Waals surface area contributed by atoms with Gasteiger partial charge in [0.15, 0.2) is 5.65 Å². The Bertz CT molecular complexity index is 761. The number of halogens is 4. The second-order valence-electron chi connectivity index (χ2n) is 7.20. The number of hydrogen-bond donors (Lipinski definition) is 0. The number of nitrogens with zero attached hydrogens (tertiary/aromatic N) is 4. The van der Waals surface area contributed by atoms with Crippen LogP contribution in [-0.2, 0) is 13.0 Å². The molecule has 0 amide bonds. The van der Waals surface area contributed by atoms with E-state index in [4.69, 9.17) is 11.6 Å². The van der Waals surface area contributed by atoms with E-state index in [1.54, 1.807) is 0 Å². The molecule has 25 heavy (non-hydrogen) atoms. The predicted octanol–water partition coefficient (Wildman–Crippen LogP) is 4.11. The fraction of sp³-hybridized carbons (Fsp3) is 0.647. The van der Waals surface area contributed by atoms with E-state index < -0.39 is 12.1 Å². The molecule has 0 N–H and O–H groups in total. The summed E-state index contributed by atoms with van der Waals surface area (Å²) in [5.41, 5.74) is 1.53. The van der Waals surface area contributed by atoms with Crippen LogP contribution in [0.1, 0.15) is 37.1 Å². The van der Waals surface area contributed by atoms with Crippen LogP contribution in [0.15, 0.2) is 12.3 Å². The van der Waals surface area contributed by atoms with Crippen molar-refractivity contribution in [3.05, 3.63) is 28.7 Å². The standard InChI is InChI=1S/C17H20ClF3N4/c18-15-12(10-24-6-4-13(5-7-24)17(19,20)21)3-8-25-14(9-11-1-2-11)22-23-16(15)25/h3,8,11,13H,1-2,4-7,9-10H2. The first-order chi connectivity index (χ1) is 11.9.